The van der Waals surface area contributed by atoms with Gasteiger partial charge in [0.2, 0.25) is 0 Å². The van der Waals surface area contributed by atoms with Crippen molar-refractivity contribution < 1.29 is 24.2 Å². The Hall–Kier alpha value is -3.79. The molecule has 2 aromatic carbocycles. The van der Waals surface area contributed by atoms with Crippen molar-refractivity contribution >= 4 is 23.7 Å². The van der Waals surface area contributed by atoms with Crippen LogP contribution in [0.1, 0.15) is 36.8 Å². The number of nitrogens with one attached hydrogen (secondary N) is 1. The number of phenolic OH excluding ortho intramolecular Hbond substituents is 1. The predicted octanol–water partition coefficient (Wildman–Crippen LogP) is 3.55. The first-order valence-corrected chi connectivity index (χ1v) is 14.6. The molecule has 0 radical (unpaired) electrons. The second-order valence-electron chi connectivity index (χ2n) is 11.5. The Kier molecular flexibility index (Phi) is 8.97. The second kappa shape index (κ2) is 12.8. The average molecular weight is 564 g/mol. The molecule has 2 saturated heterocycles. The van der Waals surface area contributed by atoms with Gasteiger partial charge >= 0.3 is 12.1 Å². The Bertz CT molecular complexity index is 1220. The molecule has 2 N–H and O–H groups in total. The number of carbonyl (C=O) groups excluding carboxylic acids is 3. The van der Waals surface area contributed by atoms with E-state index >= 15 is 0 Å². The number of phenols is 1. The molecular weight excluding hydrogens is 522 g/mol. The molecule has 3 heterocycles. The SMILES string of the molecule is CN(C)C1CCN(C(=O)[C@@H](Cc2ccc(O)cc2)OC(=O)N2CCC(N3CCc4ccccc4NC3=O)CC2)CC1. The number of aromatic hydroxyl groups is 1. The molecule has 41 heavy (non-hydrogen) atoms. The van der Waals surface area contributed by atoms with E-state index in [0.717, 1.165) is 36.1 Å². The van der Waals surface area contributed by atoms with Crippen molar-refractivity contribution in [3.8, 4) is 5.75 Å². The van der Waals surface area contributed by atoms with Crippen LogP contribution in [0.5, 0.6) is 5.75 Å². The standard InChI is InChI=1S/C31H41N5O5/c1-33(2)24-12-16-34(17-13-24)29(38)28(21-22-7-9-26(37)10-8-22)41-31(40)35-18-14-25(15-19-35)36-20-11-23-5-3-4-6-27(23)32-30(36)39/h3-10,24-25,28,37H,11-21H2,1-2H3,(H,32,39)/t28-/m1/s1. The summed E-state index contributed by atoms with van der Waals surface area (Å²) in [6.07, 6.45) is 2.61. The smallest absolute Gasteiger partial charge is 0.410 e. The van der Waals surface area contributed by atoms with Gasteiger partial charge in [0.15, 0.2) is 6.10 Å². The lowest BCUT2D eigenvalue weighted by Crippen LogP contribution is -2.52. The number of ether oxygens (including phenoxy) is 1. The monoisotopic (exact) mass is 563 g/mol. The zero-order valence-corrected chi connectivity index (χ0v) is 24.0. The van der Waals surface area contributed by atoms with Gasteiger partial charge in [-0.1, -0.05) is 30.3 Å². The van der Waals surface area contributed by atoms with Crippen LogP contribution < -0.4 is 5.32 Å². The van der Waals surface area contributed by atoms with Crippen molar-refractivity contribution in [3.63, 3.8) is 0 Å². The normalized spacial score (nSPS) is 19.4. The number of urea groups is 1. The highest BCUT2D eigenvalue weighted by Crippen LogP contribution is 2.25. The number of amides is 4. The van der Waals surface area contributed by atoms with E-state index in [4.69, 9.17) is 4.74 Å². The first kappa shape index (κ1) is 28.7. The Labute approximate surface area is 241 Å². The highest BCUT2D eigenvalue weighted by Gasteiger charge is 2.35. The maximum atomic E-state index is 13.6. The zero-order chi connectivity index (χ0) is 28.9. The van der Waals surface area contributed by atoms with Crippen LogP contribution in [0.15, 0.2) is 48.5 Å². The Morgan fingerprint density at radius 2 is 1.61 bits per heavy atom. The number of carbonyl (C=O) groups is 3. The van der Waals surface area contributed by atoms with Crippen LogP contribution in [0.25, 0.3) is 0 Å². The van der Waals surface area contributed by atoms with E-state index in [2.05, 4.69) is 24.3 Å². The minimum atomic E-state index is -0.949. The fourth-order valence-electron chi connectivity index (χ4n) is 6.13. The van der Waals surface area contributed by atoms with Gasteiger partial charge in [-0.05, 0) is 75.5 Å². The molecule has 0 aliphatic carbocycles. The summed E-state index contributed by atoms with van der Waals surface area (Å²) in [7, 11) is 4.11. The lowest BCUT2D eigenvalue weighted by molar-refractivity contribution is -0.142. The number of fused-ring (bicyclic) bond motifs is 1. The summed E-state index contributed by atoms with van der Waals surface area (Å²) < 4.78 is 5.91. The maximum Gasteiger partial charge on any atom is 0.410 e. The van der Waals surface area contributed by atoms with Gasteiger partial charge in [-0.3, -0.25) is 4.79 Å². The van der Waals surface area contributed by atoms with E-state index in [1.165, 1.54) is 0 Å². The summed E-state index contributed by atoms with van der Waals surface area (Å²) in [5.74, 6) is -0.0384. The van der Waals surface area contributed by atoms with Gasteiger partial charge in [0, 0.05) is 56.9 Å². The van der Waals surface area contributed by atoms with Gasteiger partial charge in [-0.15, -0.1) is 0 Å². The molecule has 10 nitrogen and oxygen atoms in total. The first-order valence-electron chi connectivity index (χ1n) is 14.6. The van der Waals surface area contributed by atoms with Crippen LogP contribution in [0.3, 0.4) is 0 Å². The third-order valence-electron chi connectivity index (χ3n) is 8.69. The summed E-state index contributed by atoms with van der Waals surface area (Å²) in [4.78, 5) is 47.4. The number of piperidine rings is 2. The van der Waals surface area contributed by atoms with Gasteiger partial charge < -0.3 is 34.8 Å². The molecule has 0 bridgehead atoms. The Morgan fingerprint density at radius 1 is 0.951 bits per heavy atom. The molecule has 0 unspecified atom stereocenters. The topological polar surface area (TPSA) is 106 Å². The van der Waals surface area contributed by atoms with Crippen molar-refractivity contribution in [2.24, 2.45) is 0 Å². The molecule has 3 aliphatic heterocycles. The van der Waals surface area contributed by atoms with Gasteiger partial charge in [-0.2, -0.15) is 0 Å². The molecule has 0 aromatic heterocycles. The molecule has 2 aromatic rings. The summed E-state index contributed by atoms with van der Waals surface area (Å²) in [5, 5.41) is 12.7. The Balaban J connectivity index is 1.20. The van der Waals surface area contributed by atoms with Gasteiger partial charge in [0.25, 0.3) is 5.91 Å². The molecule has 1 atom stereocenters. The van der Waals surface area contributed by atoms with Crippen LogP contribution in [-0.2, 0) is 22.4 Å². The molecule has 220 valence electrons. The van der Waals surface area contributed by atoms with Gasteiger partial charge in [0.1, 0.15) is 5.75 Å². The van der Waals surface area contributed by atoms with E-state index in [9.17, 15) is 19.5 Å². The fourth-order valence-corrected chi connectivity index (χ4v) is 6.13. The molecule has 2 fully saturated rings. The number of para-hydroxylation sites is 1. The fraction of sp³-hybridized carbons (Fsp3) is 0.516. The first-order chi connectivity index (χ1) is 19.8. The molecular formula is C31H41N5O5. The van der Waals surface area contributed by atoms with Crippen LogP contribution in [0.4, 0.5) is 15.3 Å². The summed E-state index contributed by atoms with van der Waals surface area (Å²) in [5.41, 5.74) is 2.79. The minimum absolute atomic E-state index is 0.0285. The number of anilines is 1. The second-order valence-corrected chi connectivity index (χ2v) is 11.5. The molecule has 3 aliphatic rings. The molecule has 0 spiro atoms. The largest absolute Gasteiger partial charge is 0.508 e. The van der Waals surface area contributed by atoms with Crippen molar-refractivity contribution in [1.29, 1.82) is 0 Å². The maximum absolute atomic E-state index is 13.6. The quantitative estimate of drug-likeness (QED) is 0.557. The summed E-state index contributed by atoms with van der Waals surface area (Å²) in [6, 6.07) is 14.9. The van der Waals surface area contributed by atoms with Crippen LogP contribution in [-0.4, -0.2) is 108 Å². The summed E-state index contributed by atoms with van der Waals surface area (Å²) >= 11 is 0. The minimum Gasteiger partial charge on any atom is -0.508 e. The molecule has 0 saturated carbocycles. The van der Waals surface area contributed by atoms with E-state index in [-0.39, 0.29) is 30.2 Å². The van der Waals surface area contributed by atoms with Crippen molar-refractivity contribution in [2.75, 3.05) is 52.1 Å². The number of likely N-dealkylation sites (tertiary alicyclic amines) is 2. The van der Waals surface area contributed by atoms with Crippen LogP contribution in [0.2, 0.25) is 0 Å². The Morgan fingerprint density at radius 3 is 2.29 bits per heavy atom. The van der Waals surface area contributed by atoms with Crippen LogP contribution in [0, 0.1) is 0 Å². The van der Waals surface area contributed by atoms with Gasteiger partial charge in [-0.25, -0.2) is 9.59 Å². The highest BCUT2D eigenvalue weighted by atomic mass is 16.6. The average Bonchev–Trinajstić information content (AvgIpc) is 3.15. The third-order valence-corrected chi connectivity index (χ3v) is 8.69. The van der Waals surface area contributed by atoms with Crippen molar-refractivity contribution in [1.82, 2.24) is 19.6 Å². The van der Waals surface area contributed by atoms with E-state index in [1.54, 1.807) is 34.1 Å². The van der Waals surface area contributed by atoms with Gasteiger partial charge in [0.05, 0.1) is 0 Å². The number of hydrogen-bond donors (Lipinski definition) is 2. The molecule has 10 heteroatoms. The van der Waals surface area contributed by atoms with E-state index in [1.807, 2.05) is 29.2 Å². The van der Waals surface area contributed by atoms with Crippen molar-refractivity contribution in [3.05, 3.63) is 59.7 Å². The number of rotatable bonds is 6. The molecule has 5 rings (SSSR count). The van der Waals surface area contributed by atoms with E-state index in [0.29, 0.717) is 51.6 Å². The number of hydrogen-bond acceptors (Lipinski definition) is 6. The van der Waals surface area contributed by atoms with Crippen LogP contribution >= 0.6 is 0 Å². The number of nitrogens with zero attached hydrogens (tertiary/aromatic N) is 4. The zero-order valence-electron chi connectivity index (χ0n) is 24.0. The lowest BCUT2D eigenvalue weighted by atomic mass is 10.0. The highest BCUT2D eigenvalue weighted by molar-refractivity contribution is 5.91. The lowest BCUT2D eigenvalue weighted by Gasteiger charge is -2.38. The predicted molar refractivity (Wildman–Crippen MR) is 156 cm³/mol. The molecule has 4 amide bonds. The number of benzene rings is 2. The van der Waals surface area contributed by atoms with E-state index < -0.39 is 12.2 Å². The third kappa shape index (κ3) is 6.93. The van der Waals surface area contributed by atoms with Crippen molar-refractivity contribution in [2.45, 2.75) is 56.7 Å². The summed E-state index contributed by atoms with van der Waals surface area (Å²) in [6.45, 7) is 2.78.